The van der Waals surface area contributed by atoms with E-state index >= 15 is 8.78 Å². The average Bonchev–Trinajstić information content (AvgIpc) is 3.58. The van der Waals surface area contributed by atoms with Crippen LogP contribution < -0.4 is 9.84 Å². The van der Waals surface area contributed by atoms with Gasteiger partial charge in [-0.1, -0.05) is 36.4 Å². The van der Waals surface area contributed by atoms with Gasteiger partial charge in [0.25, 0.3) is 0 Å². The lowest BCUT2D eigenvalue weighted by atomic mass is 10.1. The third-order valence-electron chi connectivity index (χ3n) is 8.10. The minimum Gasteiger partial charge on any atom is -0.327 e. The quantitative estimate of drug-likeness (QED) is 0.187. The van der Waals surface area contributed by atoms with Gasteiger partial charge in [-0.25, -0.2) is 31.5 Å². The van der Waals surface area contributed by atoms with Crippen LogP contribution in [0.1, 0.15) is 12.5 Å². The molecule has 2 fully saturated rings. The molecule has 2 atom stereocenters. The van der Waals surface area contributed by atoms with Gasteiger partial charge < -0.3 is 9.05 Å². The van der Waals surface area contributed by atoms with Crippen LogP contribution in [0.5, 0.6) is 0 Å². The Kier molecular flexibility index (Phi) is 6.73. The predicted octanol–water partition coefficient (Wildman–Crippen LogP) is 3.78. The van der Waals surface area contributed by atoms with Crippen molar-refractivity contribution in [1.29, 1.82) is 0 Å². The number of amides is 1. The van der Waals surface area contributed by atoms with E-state index in [-0.39, 0.29) is 57.8 Å². The Balaban J connectivity index is 1.70. The van der Waals surface area contributed by atoms with E-state index in [1.807, 2.05) is 6.92 Å². The van der Waals surface area contributed by atoms with Crippen LogP contribution in [0.2, 0.25) is 5.02 Å². The predicted molar refractivity (Wildman–Crippen MR) is 161 cm³/mol. The average molecular weight is 641 g/mol. The Morgan fingerprint density at radius 3 is 2.56 bits per heavy atom. The van der Waals surface area contributed by atoms with Gasteiger partial charge in [0.1, 0.15) is 16.9 Å². The van der Waals surface area contributed by atoms with E-state index < -0.39 is 38.0 Å². The summed E-state index contributed by atoms with van der Waals surface area (Å²) in [6.07, 6.45) is 2.27. The molecular formula is C29H25ClF2N5O4SSi+. The molecule has 1 unspecified atom stereocenters. The molecule has 0 saturated carbocycles. The number of carbonyl (C=O) groups excluding carboxylic acids is 1. The molecule has 2 aromatic heterocycles. The molecule has 220 valence electrons. The van der Waals surface area contributed by atoms with Crippen molar-refractivity contribution in [1.82, 2.24) is 23.6 Å². The number of piperazine rings is 1. The van der Waals surface area contributed by atoms with Crippen molar-refractivity contribution in [3.05, 3.63) is 87.8 Å². The van der Waals surface area contributed by atoms with Gasteiger partial charge in [0.15, 0.2) is 26.5 Å². The number of hydrogen-bond acceptors (Lipinski definition) is 6. The van der Waals surface area contributed by atoms with Crippen molar-refractivity contribution in [2.24, 2.45) is 0 Å². The van der Waals surface area contributed by atoms with E-state index in [9.17, 15) is 18.0 Å². The number of carbonyl (C=O) groups is 1. The van der Waals surface area contributed by atoms with Crippen molar-refractivity contribution in [2.45, 2.75) is 23.9 Å². The first kappa shape index (κ1) is 29.3. The molecule has 2 aliphatic rings. The van der Waals surface area contributed by atoms with Crippen LogP contribution in [0.25, 0.3) is 28.0 Å². The third kappa shape index (κ3) is 4.44. The molecule has 1 amide bonds. The zero-order chi connectivity index (χ0) is 31.1. The summed E-state index contributed by atoms with van der Waals surface area (Å²) >= 11 is 6.29. The van der Waals surface area contributed by atoms with Gasteiger partial charge in [-0.15, -0.1) is 4.98 Å². The number of quaternary nitrogens is 1. The minimum absolute atomic E-state index is 0.0149. The van der Waals surface area contributed by atoms with Gasteiger partial charge in [0, 0.05) is 6.26 Å². The fourth-order valence-electron chi connectivity index (χ4n) is 5.99. The fourth-order valence-corrected chi connectivity index (χ4v) is 8.98. The molecule has 9 nitrogen and oxygen atoms in total. The second kappa shape index (κ2) is 9.87. The molecule has 0 N–H and O–H groups in total. The second-order valence-electron chi connectivity index (χ2n) is 10.9. The summed E-state index contributed by atoms with van der Waals surface area (Å²) in [5.41, 5.74) is -1.21. The largest absolute Gasteiger partial charge is 0.471 e. The molecule has 0 spiro atoms. The van der Waals surface area contributed by atoms with Crippen molar-refractivity contribution in [3.8, 4) is 16.9 Å². The Labute approximate surface area is 253 Å². The summed E-state index contributed by atoms with van der Waals surface area (Å²) in [5, 5.41) is -0.428. The van der Waals surface area contributed by atoms with Gasteiger partial charge in [-0.05, 0) is 49.8 Å². The number of pyridine rings is 1. The molecule has 2 saturated heterocycles. The maximum absolute atomic E-state index is 16.0. The summed E-state index contributed by atoms with van der Waals surface area (Å²) in [7, 11) is -3.65. The molecule has 0 aliphatic carbocycles. The third-order valence-corrected chi connectivity index (χ3v) is 11.7. The minimum atomic E-state index is -3.85. The number of hydrogen-bond donors (Lipinski definition) is 0. The molecule has 2 aromatic carbocycles. The van der Waals surface area contributed by atoms with Crippen LogP contribution in [0, 0.1) is 18.6 Å². The molecule has 6 rings (SSSR count). The fraction of sp³-hybridized carbons (Fsp3) is 0.241. The summed E-state index contributed by atoms with van der Waals surface area (Å²) in [5.74, 6) is -1.67. The van der Waals surface area contributed by atoms with Gasteiger partial charge in [-0.3, -0.25) is 4.79 Å². The number of aromatic nitrogens is 3. The summed E-state index contributed by atoms with van der Waals surface area (Å²) in [6.45, 7) is 8.30. The summed E-state index contributed by atoms with van der Waals surface area (Å²) in [4.78, 5) is 36.9. The number of para-hydroxylation sites is 1. The molecule has 4 aromatic rings. The number of benzene rings is 2. The molecule has 4 heterocycles. The zero-order valence-electron chi connectivity index (χ0n) is 23.4. The smallest absolute Gasteiger partial charge is 0.327 e. The summed E-state index contributed by atoms with van der Waals surface area (Å²) < 4.78 is 58.0. The Morgan fingerprint density at radius 2 is 1.91 bits per heavy atom. The first-order chi connectivity index (χ1) is 20.2. The maximum Gasteiger partial charge on any atom is 0.471 e. The molecule has 14 heteroatoms. The molecule has 2 aliphatic heterocycles. The number of sulfone groups is 1. The monoisotopic (exact) mass is 640 g/mol. The van der Waals surface area contributed by atoms with Crippen molar-refractivity contribution in [3.63, 3.8) is 0 Å². The van der Waals surface area contributed by atoms with Crippen LogP contribution in [0.15, 0.2) is 64.8 Å². The maximum atomic E-state index is 16.0. The van der Waals surface area contributed by atoms with E-state index in [4.69, 9.17) is 11.6 Å². The lowest BCUT2D eigenvalue weighted by Gasteiger charge is -2.36. The highest BCUT2D eigenvalue weighted by Crippen LogP contribution is 2.49. The molecule has 2 radical (unpaired) electrons. The van der Waals surface area contributed by atoms with E-state index in [1.54, 1.807) is 24.0 Å². The first-order valence-corrected chi connectivity index (χ1v) is 16.4. The van der Waals surface area contributed by atoms with Gasteiger partial charge in [0.2, 0.25) is 11.7 Å². The van der Waals surface area contributed by atoms with Crippen LogP contribution in [0.4, 0.5) is 14.6 Å². The number of halogens is 3. The van der Waals surface area contributed by atoms with Crippen molar-refractivity contribution >= 4 is 53.9 Å². The number of aryl methyl sites for hydroxylation is 1. The van der Waals surface area contributed by atoms with Crippen molar-refractivity contribution < 1.29 is 22.0 Å². The topological polar surface area (TPSA) is 102 Å². The van der Waals surface area contributed by atoms with Crippen LogP contribution in [-0.2, 0) is 14.6 Å². The van der Waals surface area contributed by atoms with Crippen LogP contribution in [0.3, 0.4) is 0 Å². The second-order valence-corrected chi connectivity index (χ2v) is 15.4. The zero-order valence-corrected chi connectivity index (χ0v) is 25.9. The highest BCUT2D eigenvalue weighted by Gasteiger charge is 2.75. The Morgan fingerprint density at radius 1 is 1.19 bits per heavy atom. The van der Waals surface area contributed by atoms with E-state index in [0.29, 0.717) is 25.2 Å². The van der Waals surface area contributed by atoms with Gasteiger partial charge in [0.05, 0.1) is 40.8 Å². The Hall–Kier alpha value is -3.78. The lowest BCUT2D eigenvalue weighted by Crippen LogP contribution is -2.55. The van der Waals surface area contributed by atoms with Crippen LogP contribution in [-0.4, -0.2) is 74.5 Å². The molecule has 0 bridgehead atoms. The highest BCUT2D eigenvalue weighted by atomic mass is 35.5. The van der Waals surface area contributed by atoms with Gasteiger partial charge in [-0.2, -0.15) is 0 Å². The molecule has 43 heavy (non-hydrogen) atoms. The Bertz CT molecular complexity index is 2050. The SMILES string of the molecule is C=CC(=O)N1CC[N+]2(c3nc(=O)n(-c4c(C)cccc4S(C)(=O)=O)c4nc(-c5c(F)cccc5Cl)c(F)cc34)[Si][C@@]2(C)C1. The normalized spacial score (nSPS) is 21.5. The van der Waals surface area contributed by atoms with Gasteiger partial charge >= 0.3 is 15.4 Å². The number of nitrogens with zero attached hydrogens (tertiary/aromatic N) is 5. The standard InChI is InChI=1S/C29H25ClF2N5O4SSi/c1-5-22(38)35-12-13-37(29(3,15-35)43-37)27-17-14-20(32)24(23-18(30)9-7-10-19(23)31)33-26(17)36(28(39)34-27)25-16(2)8-6-11-21(25)42(4,40)41/h5-11,14H,1,12-13,15H2,2-4H3/q+1/t29-,37?/m0/s1. The van der Waals surface area contributed by atoms with Crippen molar-refractivity contribution in [2.75, 3.05) is 25.9 Å². The van der Waals surface area contributed by atoms with E-state index in [2.05, 4.69) is 16.5 Å². The summed E-state index contributed by atoms with van der Waals surface area (Å²) in [6, 6.07) is 9.58. The number of fused-ring (bicyclic) bond motifs is 2. The number of rotatable bonds is 5. The van der Waals surface area contributed by atoms with Crippen LogP contribution >= 0.6 is 11.6 Å². The first-order valence-electron chi connectivity index (χ1n) is 13.2. The van der Waals surface area contributed by atoms with E-state index in [1.165, 1.54) is 24.3 Å². The van der Waals surface area contributed by atoms with E-state index in [0.717, 1.165) is 23.0 Å². The highest BCUT2D eigenvalue weighted by molar-refractivity contribution is 7.90. The lowest BCUT2D eigenvalue weighted by molar-refractivity contribution is -0.127. The molecular weight excluding hydrogens is 616 g/mol.